The van der Waals surface area contributed by atoms with Crippen molar-refractivity contribution >= 4 is 31.9 Å². The summed E-state index contributed by atoms with van der Waals surface area (Å²) in [6, 6.07) is 0.521. The summed E-state index contributed by atoms with van der Waals surface area (Å²) in [5.74, 6) is -0.0229. The summed E-state index contributed by atoms with van der Waals surface area (Å²) in [6.07, 6.45) is 2.77. The van der Waals surface area contributed by atoms with Crippen molar-refractivity contribution in [1.29, 1.82) is 0 Å². The second-order valence-electron chi connectivity index (χ2n) is 2.07. The van der Waals surface area contributed by atoms with E-state index in [1.807, 2.05) is 0 Å². The average molecular weight is 237 g/mol. The number of carbonyl (C=O) groups is 1. The Bertz CT molecular complexity index is 420. The number of halogens is 1. The lowest BCUT2D eigenvalue weighted by atomic mass is 10.7. The predicted molar refractivity (Wildman–Crippen MR) is 49.0 cm³/mol. The maximum Gasteiger partial charge on any atom is 0.336 e. The smallest absolute Gasteiger partial charge is 0.275 e. The van der Waals surface area contributed by atoms with Gasteiger partial charge < -0.3 is 0 Å². The quantitative estimate of drug-likeness (QED) is 0.709. The average Bonchev–Trinajstić information content (AvgIpc) is 2.02. The first-order chi connectivity index (χ1) is 6.47. The Balaban J connectivity index is 2.59. The van der Waals surface area contributed by atoms with E-state index >= 15 is 0 Å². The minimum absolute atomic E-state index is 0.0229. The molecule has 14 heavy (non-hydrogen) atoms. The normalized spacial score (nSPS) is 10.6. The van der Waals surface area contributed by atoms with Crippen LogP contribution in [0.25, 0.3) is 0 Å². The third-order valence-corrected chi connectivity index (χ3v) is 1.67. The Kier molecular flexibility index (Phi) is 3.20. The van der Waals surface area contributed by atoms with Gasteiger partial charge in [-0.1, -0.05) is 0 Å². The highest BCUT2D eigenvalue weighted by molar-refractivity contribution is 8.12. The number of nitrogens with one attached hydrogen (secondary N) is 2. The molecule has 0 aliphatic heterocycles. The molecule has 0 saturated heterocycles. The number of rotatable bonds is 2. The fourth-order valence-electron chi connectivity index (χ4n) is 0.601. The Labute approximate surface area is 84.1 Å². The minimum atomic E-state index is -4.09. The van der Waals surface area contributed by atoms with Crippen LogP contribution < -0.4 is 10.0 Å². The molecule has 9 heteroatoms. The van der Waals surface area contributed by atoms with Gasteiger partial charge in [-0.05, 0) is 6.07 Å². The van der Waals surface area contributed by atoms with Crippen molar-refractivity contribution in [2.24, 2.45) is 0 Å². The fraction of sp³-hybridized carbons (Fsp3) is 0. The number of nitrogens with zero attached hydrogens (tertiary/aromatic N) is 2. The lowest BCUT2D eigenvalue weighted by Crippen LogP contribution is -2.31. The summed E-state index contributed by atoms with van der Waals surface area (Å²) in [4.78, 5) is 18.1. The highest BCUT2D eigenvalue weighted by Gasteiger charge is 2.10. The standard InChI is InChI=1S/C5H5ClN4O3S/c6-14(12,13)10-5(11)9-4-7-2-1-3-8-4/h1-3H,(H2,7,8,9,10,11). The predicted octanol–water partition coefficient (Wildman–Crippen LogP) is 0.0817. The Morgan fingerprint density at radius 2 is 1.93 bits per heavy atom. The van der Waals surface area contributed by atoms with Gasteiger partial charge in [-0.25, -0.2) is 19.5 Å². The van der Waals surface area contributed by atoms with Crippen molar-refractivity contribution in [1.82, 2.24) is 14.7 Å². The molecule has 0 aliphatic carbocycles. The maximum absolute atomic E-state index is 10.9. The summed E-state index contributed by atoms with van der Waals surface area (Å²) >= 11 is 0. The second kappa shape index (κ2) is 4.20. The van der Waals surface area contributed by atoms with Crippen molar-refractivity contribution in [2.75, 3.05) is 5.32 Å². The van der Waals surface area contributed by atoms with Gasteiger partial charge in [0.1, 0.15) is 0 Å². The van der Waals surface area contributed by atoms with Crippen molar-refractivity contribution in [3.8, 4) is 0 Å². The summed E-state index contributed by atoms with van der Waals surface area (Å²) in [5.41, 5.74) is 0. The Morgan fingerprint density at radius 1 is 1.36 bits per heavy atom. The van der Waals surface area contributed by atoms with Crippen LogP contribution in [0.5, 0.6) is 0 Å². The second-order valence-corrected chi connectivity index (χ2v) is 4.37. The highest BCUT2D eigenvalue weighted by atomic mass is 35.7. The number of hydrogen-bond acceptors (Lipinski definition) is 5. The zero-order valence-corrected chi connectivity index (χ0v) is 8.21. The molecule has 76 valence electrons. The number of amides is 2. The number of anilines is 1. The number of urea groups is 1. The van der Waals surface area contributed by atoms with Crippen molar-refractivity contribution in [3.05, 3.63) is 18.5 Å². The molecule has 1 aromatic heterocycles. The zero-order chi connectivity index (χ0) is 10.6. The first-order valence-electron chi connectivity index (χ1n) is 3.28. The Morgan fingerprint density at radius 3 is 2.43 bits per heavy atom. The van der Waals surface area contributed by atoms with Crippen LogP contribution in [0, 0.1) is 0 Å². The highest BCUT2D eigenvalue weighted by Crippen LogP contribution is 1.95. The van der Waals surface area contributed by atoms with Gasteiger partial charge in [-0.15, -0.1) is 0 Å². The molecule has 0 unspecified atom stereocenters. The van der Waals surface area contributed by atoms with Crippen LogP contribution in [-0.4, -0.2) is 24.4 Å². The molecule has 1 aromatic rings. The largest absolute Gasteiger partial charge is 0.336 e. The van der Waals surface area contributed by atoms with Gasteiger partial charge in [0.15, 0.2) is 0 Å². The molecule has 0 aliphatic rings. The van der Waals surface area contributed by atoms with Gasteiger partial charge >= 0.3 is 15.3 Å². The number of hydrogen-bond donors (Lipinski definition) is 2. The minimum Gasteiger partial charge on any atom is -0.275 e. The molecule has 0 atom stereocenters. The summed E-state index contributed by atoms with van der Waals surface area (Å²) in [6.45, 7) is 0. The molecule has 1 rings (SSSR count). The number of carbonyl (C=O) groups excluding carboxylic acids is 1. The van der Waals surface area contributed by atoms with Gasteiger partial charge in [0.05, 0.1) is 0 Å². The van der Waals surface area contributed by atoms with Gasteiger partial charge in [0.25, 0.3) is 0 Å². The van der Waals surface area contributed by atoms with E-state index in [0.717, 1.165) is 0 Å². The van der Waals surface area contributed by atoms with Crippen molar-refractivity contribution < 1.29 is 13.2 Å². The monoisotopic (exact) mass is 236 g/mol. The van der Waals surface area contributed by atoms with E-state index in [4.69, 9.17) is 10.7 Å². The van der Waals surface area contributed by atoms with Crippen LogP contribution in [0.2, 0.25) is 0 Å². The van der Waals surface area contributed by atoms with Crippen LogP contribution in [0.15, 0.2) is 18.5 Å². The molecule has 7 nitrogen and oxygen atoms in total. The molecule has 1 heterocycles. The van der Waals surface area contributed by atoms with Crippen LogP contribution >= 0.6 is 10.7 Å². The van der Waals surface area contributed by atoms with E-state index in [9.17, 15) is 13.2 Å². The van der Waals surface area contributed by atoms with E-state index in [2.05, 4.69) is 15.3 Å². The van der Waals surface area contributed by atoms with Crippen LogP contribution in [0.3, 0.4) is 0 Å². The molecule has 0 spiro atoms. The topological polar surface area (TPSA) is 101 Å². The molecule has 2 N–H and O–H groups in total. The van der Waals surface area contributed by atoms with Crippen molar-refractivity contribution in [2.45, 2.75) is 0 Å². The molecule has 0 bridgehead atoms. The van der Waals surface area contributed by atoms with E-state index in [1.165, 1.54) is 17.1 Å². The Hall–Kier alpha value is -1.41. The van der Waals surface area contributed by atoms with E-state index < -0.39 is 15.3 Å². The van der Waals surface area contributed by atoms with E-state index in [-0.39, 0.29) is 5.95 Å². The van der Waals surface area contributed by atoms with Gasteiger partial charge in [0, 0.05) is 23.1 Å². The lowest BCUT2D eigenvalue weighted by molar-refractivity contribution is 0.256. The number of aromatic nitrogens is 2. The molecule has 0 aromatic carbocycles. The fourth-order valence-corrected chi connectivity index (χ4v) is 1.08. The maximum atomic E-state index is 10.9. The third-order valence-electron chi connectivity index (χ3n) is 1.01. The van der Waals surface area contributed by atoms with E-state index in [0.29, 0.717) is 0 Å². The van der Waals surface area contributed by atoms with Gasteiger partial charge in [0.2, 0.25) is 5.95 Å². The van der Waals surface area contributed by atoms with Gasteiger partial charge in [-0.2, -0.15) is 8.42 Å². The lowest BCUT2D eigenvalue weighted by Gasteiger charge is -2.01. The van der Waals surface area contributed by atoms with Crippen LogP contribution in [-0.2, 0) is 9.24 Å². The summed E-state index contributed by atoms with van der Waals surface area (Å²) in [7, 11) is 0.665. The molecule has 0 radical (unpaired) electrons. The molecule has 0 fully saturated rings. The van der Waals surface area contributed by atoms with Gasteiger partial charge in [-0.3, -0.25) is 5.32 Å². The SMILES string of the molecule is O=C(Nc1ncccn1)NS(=O)(=O)Cl. The van der Waals surface area contributed by atoms with Crippen LogP contribution in [0.1, 0.15) is 0 Å². The summed E-state index contributed by atoms with van der Waals surface area (Å²) < 4.78 is 22.2. The molecule has 2 amide bonds. The first kappa shape index (κ1) is 10.7. The van der Waals surface area contributed by atoms with Crippen molar-refractivity contribution in [3.63, 3.8) is 0 Å². The molecular formula is C5H5ClN4O3S. The molecule has 0 saturated carbocycles. The van der Waals surface area contributed by atoms with Crippen LogP contribution in [0.4, 0.5) is 10.7 Å². The first-order valence-corrected chi connectivity index (χ1v) is 5.59. The molecular weight excluding hydrogens is 232 g/mol. The summed E-state index contributed by atoms with van der Waals surface area (Å²) in [5, 5.41) is 2.06. The zero-order valence-electron chi connectivity index (χ0n) is 6.64. The third kappa shape index (κ3) is 4.01. The van der Waals surface area contributed by atoms with E-state index in [1.54, 1.807) is 6.07 Å².